The third-order valence-corrected chi connectivity index (χ3v) is 2.51. The van der Waals surface area contributed by atoms with E-state index in [1.807, 2.05) is 13.8 Å². The summed E-state index contributed by atoms with van der Waals surface area (Å²) in [6, 6.07) is 2.10. The lowest BCUT2D eigenvalue weighted by atomic mass is 10.1. The SMILES string of the molecule is CCOc1nc(C)cc(C)c1CNC(C)(C)C. The number of nitrogens with zero attached hydrogens (tertiary/aromatic N) is 1. The van der Waals surface area contributed by atoms with Crippen molar-refractivity contribution in [3.8, 4) is 5.88 Å². The Balaban J connectivity index is 2.95. The van der Waals surface area contributed by atoms with Gasteiger partial charge in [0.15, 0.2) is 0 Å². The van der Waals surface area contributed by atoms with Crippen LogP contribution in [0.25, 0.3) is 0 Å². The van der Waals surface area contributed by atoms with Crippen molar-refractivity contribution in [2.24, 2.45) is 0 Å². The zero-order valence-corrected chi connectivity index (χ0v) is 11.8. The van der Waals surface area contributed by atoms with Crippen LogP contribution in [0.1, 0.15) is 44.5 Å². The maximum absolute atomic E-state index is 5.61. The van der Waals surface area contributed by atoms with Crippen molar-refractivity contribution < 1.29 is 4.74 Å². The van der Waals surface area contributed by atoms with Gasteiger partial charge in [0.1, 0.15) is 0 Å². The number of aromatic nitrogens is 1. The molecule has 1 heterocycles. The van der Waals surface area contributed by atoms with Crippen LogP contribution >= 0.6 is 0 Å². The molecule has 0 aliphatic rings. The van der Waals surface area contributed by atoms with Gasteiger partial charge in [-0.15, -0.1) is 0 Å². The number of rotatable bonds is 4. The maximum Gasteiger partial charge on any atom is 0.218 e. The third kappa shape index (κ3) is 4.35. The van der Waals surface area contributed by atoms with E-state index in [1.165, 1.54) is 5.56 Å². The highest BCUT2D eigenvalue weighted by Crippen LogP contribution is 2.21. The van der Waals surface area contributed by atoms with Crippen molar-refractivity contribution in [3.05, 3.63) is 22.9 Å². The molecule has 0 fully saturated rings. The van der Waals surface area contributed by atoms with Gasteiger partial charge in [-0.2, -0.15) is 0 Å². The van der Waals surface area contributed by atoms with Crippen LogP contribution in [0.15, 0.2) is 6.07 Å². The normalized spacial score (nSPS) is 11.6. The summed E-state index contributed by atoms with van der Waals surface area (Å²) in [6.07, 6.45) is 0. The molecule has 1 aromatic rings. The number of hydrogen-bond donors (Lipinski definition) is 1. The number of ether oxygens (including phenoxy) is 1. The molecule has 96 valence electrons. The first-order valence-electron chi connectivity index (χ1n) is 6.18. The fourth-order valence-electron chi connectivity index (χ4n) is 1.65. The zero-order chi connectivity index (χ0) is 13.1. The third-order valence-electron chi connectivity index (χ3n) is 2.51. The summed E-state index contributed by atoms with van der Waals surface area (Å²) in [7, 11) is 0. The van der Waals surface area contributed by atoms with Gasteiger partial charge < -0.3 is 10.1 Å². The van der Waals surface area contributed by atoms with Crippen molar-refractivity contribution in [3.63, 3.8) is 0 Å². The van der Waals surface area contributed by atoms with E-state index in [-0.39, 0.29) is 5.54 Å². The summed E-state index contributed by atoms with van der Waals surface area (Å²) in [5.41, 5.74) is 3.50. The molecule has 17 heavy (non-hydrogen) atoms. The van der Waals surface area contributed by atoms with Crippen molar-refractivity contribution in [1.29, 1.82) is 0 Å². The molecule has 0 aliphatic heterocycles. The van der Waals surface area contributed by atoms with Crippen LogP contribution in [0.4, 0.5) is 0 Å². The molecule has 0 spiro atoms. The maximum atomic E-state index is 5.61. The molecule has 1 aromatic heterocycles. The molecule has 0 aromatic carbocycles. The summed E-state index contributed by atoms with van der Waals surface area (Å²) in [5.74, 6) is 0.766. The van der Waals surface area contributed by atoms with E-state index in [4.69, 9.17) is 4.74 Å². The Morgan fingerprint density at radius 1 is 1.29 bits per heavy atom. The van der Waals surface area contributed by atoms with Gasteiger partial charge in [-0.25, -0.2) is 4.98 Å². The van der Waals surface area contributed by atoms with Gasteiger partial charge in [0, 0.05) is 23.3 Å². The Bertz CT molecular complexity index is 381. The Labute approximate surface area is 105 Å². The standard InChI is InChI=1S/C14H24N2O/c1-7-17-13-12(9-15-14(4,5)6)10(2)8-11(3)16-13/h8,15H,7,9H2,1-6H3. The Hall–Kier alpha value is -1.09. The van der Waals surface area contributed by atoms with Crippen LogP contribution in [-0.4, -0.2) is 17.1 Å². The van der Waals surface area contributed by atoms with E-state index in [0.717, 1.165) is 23.7 Å². The molecule has 0 bridgehead atoms. The average Bonchev–Trinajstić information content (AvgIpc) is 2.14. The van der Waals surface area contributed by atoms with Gasteiger partial charge >= 0.3 is 0 Å². The predicted octanol–water partition coefficient (Wildman–Crippen LogP) is 2.99. The second kappa shape index (κ2) is 5.50. The molecule has 0 atom stereocenters. The average molecular weight is 236 g/mol. The first-order chi connectivity index (χ1) is 7.83. The lowest BCUT2D eigenvalue weighted by Crippen LogP contribution is -2.35. The van der Waals surface area contributed by atoms with Gasteiger partial charge in [0.05, 0.1) is 6.61 Å². The first kappa shape index (κ1) is 14.0. The fourth-order valence-corrected chi connectivity index (χ4v) is 1.65. The molecule has 0 saturated carbocycles. The molecular weight excluding hydrogens is 212 g/mol. The minimum Gasteiger partial charge on any atom is -0.478 e. The fraction of sp³-hybridized carbons (Fsp3) is 0.643. The summed E-state index contributed by atoms with van der Waals surface area (Å²) in [4.78, 5) is 4.46. The topological polar surface area (TPSA) is 34.1 Å². The molecule has 3 heteroatoms. The summed E-state index contributed by atoms with van der Waals surface area (Å²) in [6.45, 7) is 14.0. The summed E-state index contributed by atoms with van der Waals surface area (Å²) < 4.78 is 5.61. The molecule has 0 amide bonds. The van der Waals surface area contributed by atoms with Crippen LogP contribution in [0, 0.1) is 13.8 Å². The number of aryl methyl sites for hydroxylation is 2. The van der Waals surface area contributed by atoms with Crippen LogP contribution in [0.5, 0.6) is 5.88 Å². The molecule has 0 radical (unpaired) electrons. The molecule has 0 unspecified atom stereocenters. The Kier molecular flexibility index (Phi) is 4.52. The van der Waals surface area contributed by atoms with Crippen molar-refractivity contribution in [1.82, 2.24) is 10.3 Å². The number of nitrogens with one attached hydrogen (secondary N) is 1. The lowest BCUT2D eigenvalue weighted by molar-refractivity contribution is 0.318. The molecule has 3 nitrogen and oxygen atoms in total. The summed E-state index contributed by atoms with van der Waals surface area (Å²) >= 11 is 0. The second-order valence-electron chi connectivity index (χ2n) is 5.40. The van der Waals surface area contributed by atoms with Crippen LogP contribution in [-0.2, 0) is 6.54 Å². The van der Waals surface area contributed by atoms with Crippen molar-refractivity contribution in [2.75, 3.05) is 6.61 Å². The number of hydrogen-bond acceptors (Lipinski definition) is 3. The van der Waals surface area contributed by atoms with Gasteiger partial charge in [-0.05, 0) is 53.2 Å². The minimum atomic E-state index is 0.0980. The first-order valence-corrected chi connectivity index (χ1v) is 6.18. The zero-order valence-electron chi connectivity index (χ0n) is 11.8. The Morgan fingerprint density at radius 3 is 2.47 bits per heavy atom. The van der Waals surface area contributed by atoms with Crippen molar-refractivity contribution in [2.45, 2.75) is 53.6 Å². The molecular formula is C14H24N2O. The quantitative estimate of drug-likeness (QED) is 0.872. The Morgan fingerprint density at radius 2 is 1.94 bits per heavy atom. The number of pyridine rings is 1. The largest absolute Gasteiger partial charge is 0.478 e. The van der Waals surface area contributed by atoms with Gasteiger partial charge in [0.25, 0.3) is 0 Å². The van der Waals surface area contributed by atoms with E-state index in [2.05, 4.69) is 44.1 Å². The van der Waals surface area contributed by atoms with Crippen LogP contribution in [0.3, 0.4) is 0 Å². The molecule has 1 N–H and O–H groups in total. The minimum absolute atomic E-state index is 0.0980. The molecule has 0 saturated heterocycles. The van der Waals surface area contributed by atoms with E-state index in [9.17, 15) is 0 Å². The van der Waals surface area contributed by atoms with Crippen molar-refractivity contribution >= 4 is 0 Å². The second-order valence-corrected chi connectivity index (χ2v) is 5.40. The predicted molar refractivity (Wildman–Crippen MR) is 71.5 cm³/mol. The molecule has 0 aliphatic carbocycles. The van der Waals surface area contributed by atoms with Gasteiger partial charge in [0.2, 0.25) is 5.88 Å². The summed E-state index contributed by atoms with van der Waals surface area (Å²) in [5, 5.41) is 3.48. The lowest BCUT2D eigenvalue weighted by Gasteiger charge is -2.22. The highest BCUT2D eigenvalue weighted by atomic mass is 16.5. The van der Waals surface area contributed by atoms with Crippen LogP contribution in [0.2, 0.25) is 0 Å². The monoisotopic (exact) mass is 236 g/mol. The highest BCUT2D eigenvalue weighted by Gasteiger charge is 2.14. The molecule has 1 rings (SSSR count). The van der Waals surface area contributed by atoms with Gasteiger partial charge in [-0.3, -0.25) is 0 Å². The van der Waals surface area contributed by atoms with E-state index < -0.39 is 0 Å². The smallest absolute Gasteiger partial charge is 0.218 e. The van der Waals surface area contributed by atoms with E-state index in [1.54, 1.807) is 0 Å². The van der Waals surface area contributed by atoms with E-state index in [0.29, 0.717) is 6.61 Å². The van der Waals surface area contributed by atoms with Gasteiger partial charge in [-0.1, -0.05) is 0 Å². The van der Waals surface area contributed by atoms with E-state index >= 15 is 0 Å². The highest BCUT2D eigenvalue weighted by molar-refractivity contribution is 5.36. The van der Waals surface area contributed by atoms with Crippen LogP contribution < -0.4 is 10.1 Å².